The van der Waals surface area contributed by atoms with Crippen LogP contribution in [0.5, 0.6) is 0 Å². The second-order valence-corrected chi connectivity index (χ2v) is 16.1. The van der Waals surface area contributed by atoms with Gasteiger partial charge in [0.2, 0.25) is 0 Å². The van der Waals surface area contributed by atoms with Crippen LogP contribution >= 0.6 is 0 Å². The lowest BCUT2D eigenvalue weighted by Crippen LogP contribution is -2.15. The minimum Gasteiger partial charge on any atom is -0.310 e. The number of nitrogens with zero attached hydrogens (tertiary/aromatic N) is 2. The molecule has 0 aliphatic heterocycles. The van der Waals surface area contributed by atoms with Gasteiger partial charge >= 0.3 is 0 Å². The number of fused-ring (bicyclic) bond motifs is 7. The van der Waals surface area contributed by atoms with E-state index in [1.54, 1.807) is 0 Å². The van der Waals surface area contributed by atoms with E-state index in [1.165, 1.54) is 82.8 Å². The van der Waals surface area contributed by atoms with E-state index in [0.29, 0.717) is 0 Å². The highest BCUT2D eigenvalue weighted by Crippen LogP contribution is 2.51. The molecule has 57 heavy (non-hydrogen) atoms. The Bertz CT molecular complexity index is 3080. The Kier molecular flexibility index (Phi) is 7.69. The van der Waals surface area contributed by atoms with Gasteiger partial charge in [-0.25, -0.2) is 0 Å². The van der Waals surface area contributed by atoms with Crippen LogP contribution in [-0.2, 0) is 5.41 Å². The molecule has 1 heterocycles. The molecule has 0 unspecified atom stereocenters. The first-order valence-corrected chi connectivity index (χ1v) is 20.2. The van der Waals surface area contributed by atoms with Crippen LogP contribution in [0, 0.1) is 0 Å². The summed E-state index contributed by atoms with van der Waals surface area (Å²) in [6.07, 6.45) is 9.10. The molecular formula is C55H42N2. The fourth-order valence-electron chi connectivity index (χ4n) is 9.54. The fourth-order valence-corrected chi connectivity index (χ4v) is 9.54. The fraction of sp³-hybridized carbons (Fsp3) is 0.0909. The van der Waals surface area contributed by atoms with Gasteiger partial charge in [-0.1, -0.05) is 147 Å². The zero-order chi connectivity index (χ0) is 38.1. The average Bonchev–Trinajstić information content (AvgIpc) is 3.71. The number of allylic oxidation sites excluding steroid dienone is 4. The number of rotatable bonds is 6. The van der Waals surface area contributed by atoms with Gasteiger partial charge in [0.25, 0.3) is 0 Å². The van der Waals surface area contributed by atoms with Crippen molar-refractivity contribution >= 4 is 55.2 Å². The summed E-state index contributed by atoms with van der Waals surface area (Å²) in [6.45, 7) is 4.70. The lowest BCUT2D eigenvalue weighted by molar-refractivity contribution is 0.660. The number of para-hydroxylation sites is 2. The van der Waals surface area contributed by atoms with Crippen LogP contribution in [0.2, 0.25) is 0 Å². The van der Waals surface area contributed by atoms with Crippen molar-refractivity contribution in [2.24, 2.45) is 0 Å². The quantitative estimate of drug-likeness (QED) is 0.165. The van der Waals surface area contributed by atoms with Crippen LogP contribution in [0.25, 0.3) is 66.1 Å². The van der Waals surface area contributed by atoms with E-state index in [2.05, 4.69) is 217 Å². The van der Waals surface area contributed by atoms with Crippen LogP contribution in [-0.4, -0.2) is 4.57 Å². The van der Waals surface area contributed by atoms with Gasteiger partial charge in [0.15, 0.2) is 0 Å². The van der Waals surface area contributed by atoms with Crippen molar-refractivity contribution in [3.05, 3.63) is 211 Å². The largest absolute Gasteiger partial charge is 0.310 e. The van der Waals surface area contributed by atoms with Crippen LogP contribution in [0.15, 0.2) is 194 Å². The molecule has 0 saturated heterocycles. The van der Waals surface area contributed by atoms with Crippen molar-refractivity contribution < 1.29 is 0 Å². The van der Waals surface area contributed by atoms with Gasteiger partial charge in [0.05, 0.1) is 16.7 Å². The summed E-state index contributed by atoms with van der Waals surface area (Å²) in [7, 11) is 0. The molecule has 2 nitrogen and oxygen atoms in total. The second-order valence-electron chi connectivity index (χ2n) is 16.1. The van der Waals surface area contributed by atoms with Crippen LogP contribution < -0.4 is 4.90 Å². The van der Waals surface area contributed by atoms with Crippen molar-refractivity contribution in [1.29, 1.82) is 0 Å². The predicted octanol–water partition coefficient (Wildman–Crippen LogP) is 15.1. The van der Waals surface area contributed by atoms with Gasteiger partial charge in [0, 0.05) is 38.8 Å². The molecule has 0 radical (unpaired) electrons. The minimum atomic E-state index is -0.0450. The van der Waals surface area contributed by atoms with Crippen molar-refractivity contribution in [2.75, 3.05) is 4.90 Å². The molecule has 272 valence electrons. The molecule has 1 aromatic heterocycles. The molecule has 11 rings (SSSR count). The van der Waals surface area contributed by atoms with Crippen molar-refractivity contribution in [2.45, 2.75) is 32.1 Å². The van der Waals surface area contributed by atoms with Crippen LogP contribution in [0.1, 0.15) is 43.4 Å². The molecule has 9 aromatic rings. The summed E-state index contributed by atoms with van der Waals surface area (Å²) in [4.78, 5) is 2.41. The number of hydrogen-bond acceptors (Lipinski definition) is 1. The molecule has 0 saturated carbocycles. The van der Waals surface area contributed by atoms with Crippen molar-refractivity contribution in [3.8, 4) is 27.9 Å². The van der Waals surface area contributed by atoms with E-state index in [-0.39, 0.29) is 5.41 Å². The first kappa shape index (κ1) is 33.4. The summed E-state index contributed by atoms with van der Waals surface area (Å²) in [5.74, 6) is 0. The normalized spacial score (nSPS) is 14.2. The topological polar surface area (TPSA) is 8.17 Å². The van der Waals surface area contributed by atoms with E-state index >= 15 is 0 Å². The maximum atomic E-state index is 2.45. The van der Waals surface area contributed by atoms with E-state index in [9.17, 15) is 0 Å². The molecular weight excluding hydrogens is 689 g/mol. The maximum absolute atomic E-state index is 2.45. The summed E-state index contributed by atoms with van der Waals surface area (Å²) in [5.41, 5.74) is 17.3. The molecule has 0 N–H and O–H groups in total. The lowest BCUT2D eigenvalue weighted by Gasteiger charge is -2.27. The van der Waals surface area contributed by atoms with Gasteiger partial charge < -0.3 is 9.47 Å². The predicted molar refractivity (Wildman–Crippen MR) is 242 cm³/mol. The molecule has 0 atom stereocenters. The summed E-state index contributed by atoms with van der Waals surface area (Å²) in [5, 5.41) is 5.04. The Labute approximate surface area is 334 Å². The lowest BCUT2D eigenvalue weighted by atomic mass is 9.82. The molecule has 0 bridgehead atoms. The number of hydrogen-bond donors (Lipinski definition) is 0. The number of benzene rings is 8. The van der Waals surface area contributed by atoms with Gasteiger partial charge in [-0.2, -0.15) is 0 Å². The van der Waals surface area contributed by atoms with Crippen molar-refractivity contribution in [1.82, 2.24) is 4.57 Å². The first-order chi connectivity index (χ1) is 28.0. The SMILES string of the molecule is CC1(C)c2ccccc2-c2cc(N(c3ccc(C4=CCCC=C4)cc3)c3ccc(-c4ccccc4-n4c5ccccc5c5cc6ccccc6cc54)cc3)ccc21. The average molecular weight is 731 g/mol. The summed E-state index contributed by atoms with van der Waals surface area (Å²) >= 11 is 0. The Morgan fingerprint density at radius 1 is 0.474 bits per heavy atom. The van der Waals surface area contributed by atoms with E-state index in [1.807, 2.05) is 0 Å². The van der Waals surface area contributed by atoms with E-state index in [4.69, 9.17) is 0 Å². The third-order valence-corrected chi connectivity index (χ3v) is 12.4. The van der Waals surface area contributed by atoms with Gasteiger partial charge in [-0.3, -0.25) is 0 Å². The van der Waals surface area contributed by atoms with Gasteiger partial charge in [0.1, 0.15) is 0 Å². The standard InChI is InChI=1S/C55H42N2/c1-55(2)50-21-11-8-19-46(50)48-36-44(32-33-51(48)55)56(42-28-24-38(25-29-42)37-14-4-3-5-15-37)43-30-26-39(27-31-43)45-18-9-12-22-52(45)57-53-23-13-10-20-47(53)49-34-40-16-6-7-17-41(40)35-54(49)57/h4,6-36H,3,5H2,1-2H3. The smallest absolute Gasteiger partial charge is 0.0547 e. The third-order valence-electron chi connectivity index (χ3n) is 12.4. The molecule has 2 aliphatic rings. The molecule has 2 heteroatoms. The zero-order valence-corrected chi connectivity index (χ0v) is 32.3. The zero-order valence-electron chi connectivity index (χ0n) is 32.3. The Hall–Kier alpha value is -6.90. The van der Waals surface area contributed by atoms with Crippen LogP contribution in [0.4, 0.5) is 17.1 Å². The highest BCUT2D eigenvalue weighted by Gasteiger charge is 2.35. The van der Waals surface area contributed by atoms with Crippen LogP contribution in [0.3, 0.4) is 0 Å². The monoisotopic (exact) mass is 730 g/mol. The van der Waals surface area contributed by atoms with E-state index in [0.717, 1.165) is 29.9 Å². The highest BCUT2D eigenvalue weighted by atomic mass is 15.1. The highest BCUT2D eigenvalue weighted by molar-refractivity contribution is 6.14. The molecule has 2 aliphatic carbocycles. The first-order valence-electron chi connectivity index (χ1n) is 20.2. The van der Waals surface area contributed by atoms with Crippen molar-refractivity contribution in [3.63, 3.8) is 0 Å². The summed E-state index contributed by atoms with van der Waals surface area (Å²) in [6, 6.07) is 65.2. The number of aromatic nitrogens is 1. The number of anilines is 3. The van der Waals surface area contributed by atoms with Gasteiger partial charge in [-0.05, 0) is 123 Å². The Morgan fingerprint density at radius 2 is 1.11 bits per heavy atom. The molecule has 0 spiro atoms. The van der Waals surface area contributed by atoms with Gasteiger partial charge in [-0.15, -0.1) is 0 Å². The summed E-state index contributed by atoms with van der Waals surface area (Å²) < 4.78 is 2.45. The Balaban J connectivity index is 1.04. The maximum Gasteiger partial charge on any atom is 0.0547 e. The third kappa shape index (κ3) is 5.39. The minimum absolute atomic E-state index is 0.0450. The van der Waals surface area contributed by atoms with E-state index < -0.39 is 0 Å². The second kappa shape index (κ2) is 13.1. The molecule has 8 aromatic carbocycles. The molecule has 0 amide bonds. The molecule has 0 fully saturated rings. The Morgan fingerprint density at radius 3 is 1.88 bits per heavy atom.